The fraction of sp³-hybridized carbons (Fsp3) is 0.933. The number of nitrogens with one attached hydrogen (secondary N) is 1. The van der Waals surface area contributed by atoms with Gasteiger partial charge in [0.1, 0.15) is 0 Å². The van der Waals surface area contributed by atoms with Gasteiger partial charge in [-0.1, -0.05) is 33.6 Å². The van der Waals surface area contributed by atoms with Crippen LogP contribution < -0.4 is 11.1 Å². The van der Waals surface area contributed by atoms with Gasteiger partial charge in [0.2, 0.25) is 5.91 Å². The van der Waals surface area contributed by atoms with Crippen molar-refractivity contribution < 1.29 is 4.79 Å². The first kappa shape index (κ1) is 18.7. The van der Waals surface area contributed by atoms with E-state index in [1.165, 1.54) is 25.7 Å². The van der Waals surface area contributed by atoms with Crippen LogP contribution in [0.2, 0.25) is 0 Å². The highest BCUT2D eigenvalue weighted by atomic mass is 35.5. The Bertz CT molecular complexity index is 251. The van der Waals surface area contributed by atoms with Crippen molar-refractivity contribution in [1.29, 1.82) is 0 Å². The van der Waals surface area contributed by atoms with E-state index in [-0.39, 0.29) is 24.4 Å². The number of carbonyl (C=O) groups is 1. The summed E-state index contributed by atoms with van der Waals surface area (Å²) in [6.07, 6.45) is 8.18. The van der Waals surface area contributed by atoms with Gasteiger partial charge in [0.25, 0.3) is 0 Å². The van der Waals surface area contributed by atoms with Crippen LogP contribution in [0.3, 0.4) is 0 Å². The fourth-order valence-corrected chi connectivity index (χ4v) is 2.93. The Kier molecular flexibility index (Phi) is 9.46. The van der Waals surface area contributed by atoms with Gasteiger partial charge in [-0.2, -0.15) is 0 Å². The molecule has 0 unspecified atom stereocenters. The lowest BCUT2D eigenvalue weighted by Crippen LogP contribution is -2.46. The molecule has 0 heterocycles. The smallest absolute Gasteiger partial charge is 0.237 e. The van der Waals surface area contributed by atoms with Gasteiger partial charge in [-0.25, -0.2) is 0 Å². The summed E-state index contributed by atoms with van der Waals surface area (Å²) in [6.45, 7) is 6.45. The highest BCUT2D eigenvalue weighted by Gasteiger charge is 2.23. The lowest BCUT2D eigenvalue weighted by atomic mass is 9.83. The summed E-state index contributed by atoms with van der Waals surface area (Å²) < 4.78 is 0. The fourth-order valence-electron chi connectivity index (χ4n) is 2.93. The zero-order valence-electron chi connectivity index (χ0n) is 12.7. The first-order valence-corrected chi connectivity index (χ1v) is 7.58. The minimum atomic E-state index is -0.335. The summed E-state index contributed by atoms with van der Waals surface area (Å²) in [5.74, 6) is 1.40. The summed E-state index contributed by atoms with van der Waals surface area (Å²) >= 11 is 0. The Morgan fingerprint density at radius 2 is 1.84 bits per heavy atom. The van der Waals surface area contributed by atoms with Crippen molar-refractivity contribution in [2.24, 2.45) is 17.6 Å². The van der Waals surface area contributed by atoms with Crippen LogP contribution in [0.5, 0.6) is 0 Å². The first-order valence-electron chi connectivity index (χ1n) is 7.58. The molecule has 0 aromatic heterocycles. The van der Waals surface area contributed by atoms with Gasteiger partial charge in [-0.15, -0.1) is 12.4 Å². The second-order valence-corrected chi connectivity index (χ2v) is 6.25. The molecule has 0 aliphatic heterocycles. The molecular weight excluding hydrogens is 260 g/mol. The van der Waals surface area contributed by atoms with Gasteiger partial charge < -0.3 is 11.1 Å². The molecule has 114 valence electrons. The molecule has 0 bridgehead atoms. The molecule has 0 saturated heterocycles. The Balaban J connectivity index is 0.00000324. The monoisotopic (exact) mass is 290 g/mol. The summed E-state index contributed by atoms with van der Waals surface area (Å²) in [5, 5.41) is 3.12. The number of rotatable bonds is 6. The molecule has 1 amide bonds. The molecular formula is C15H31ClN2O. The Morgan fingerprint density at radius 1 is 1.26 bits per heavy atom. The highest BCUT2D eigenvalue weighted by Crippen LogP contribution is 2.27. The predicted molar refractivity (Wildman–Crippen MR) is 83.5 cm³/mol. The summed E-state index contributed by atoms with van der Waals surface area (Å²) in [6, 6.07) is 0.0298. The molecule has 0 spiro atoms. The second-order valence-electron chi connectivity index (χ2n) is 6.25. The lowest BCUT2D eigenvalue weighted by molar-refractivity contribution is -0.123. The van der Waals surface area contributed by atoms with Crippen LogP contribution >= 0.6 is 12.4 Å². The van der Waals surface area contributed by atoms with E-state index in [1.807, 2.05) is 0 Å². The van der Waals surface area contributed by atoms with Gasteiger partial charge in [-0.3, -0.25) is 4.79 Å². The van der Waals surface area contributed by atoms with Gasteiger partial charge in [0, 0.05) is 6.04 Å². The maximum absolute atomic E-state index is 11.9. The van der Waals surface area contributed by atoms with Crippen molar-refractivity contribution in [3.63, 3.8) is 0 Å². The van der Waals surface area contributed by atoms with Crippen molar-refractivity contribution >= 4 is 18.3 Å². The molecule has 3 nitrogen and oxygen atoms in total. The number of amides is 1. The molecule has 19 heavy (non-hydrogen) atoms. The average Bonchev–Trinajstić information content (AvgIpc) is 2.31. The van der Waals surface area contributed by atoms with Crippen molar-refractivity contribution in [2.75, 3.05) is 0 Å². The quantitative estimate of drug-likeness (QED) is 0.789. The lowest BCUT2D eigenvalue weighted by Gasteiger charge is -2.29. The molecule has 0 aromatic rings. The van der Waals surface area contributed by atoms with E-state index in [9.17, 15) is 4.79 Å². The molecule has 3 N–H and O–H groups in total. The predicted octanol–water partition coefficient (Wildman–Crippen LogP) is 3.26. The van der Waals surface area contributed by atoms with E-state index in [0.29, 0.717) is 12.0 Å². The van der Waals surface area contributed by atoms with Gasteiger partial charge in [-0.05, 0) is 43.9 Å². The zero-order valence-corrected chi connectivity index (χ0v) is 13.5. The topological polar surface area (TPSA) is 55.1 Å². The van der Waals surface area contributed by atoms with Crippen molar-refractivity contribution in [1.82, 2.24) is 5.32 Å². The molecule has 1 saturated carbocycles. The first-order chi connectivity index (χ1) is 8.52. The molecule has 4 heteroatoms. The van der Waals surface area contributed by atoms with Crippen LogP contribution in [-0.4, -0.2) is 18.0 Å². The SMILES string of the molecule is CCCC1CCC(NC(=O)[C@@H](N)CC(C)C)CC1.Cl. The van der Waals surface area contributed by atoms with E-state index < -0.39 is 0 Å². The molecule has 0 aromatic carbocycles. The number of halogens is 1. The summed E-state index contributed by atoms with van der Waals surface area (Å²) in [4.78, 5) is 11.9. The van der Waals surface area contributed by atoms with Crippen molar-refractivity contribution in [2.45, 2.75) is 77.8 Å². The largest absolute Gasteiger partial charge is 0.352 e. The van der Waals surface area contributed by atoms with Gasteiger partial charge >= 0.3 is 0 Å². The number of hydrogen-bond acceptors (Lipinski definition) is 2. The van der Waals surface area contributed by atoms with E-state index in [2.05, 4.69) is 26.1 Å². The zero-order chi connectivity index (χ0) is 13.5. The third-order valence-electron chi connectivity index (χ3n) is 3.95. The van der Waals surface area contributed by atoms with E-state index in [4.69, 9.17) is 5.73 Å². The average molecular weight is 291 g/mol. The van der Waals surface area contributed by atoms with Gasteiger partial charge in [0.05, 0.1) is 6.04 Å². The maximum Gasteiger partial charge on any atom is 0.237 e. The normalized spacial score (nSPS) is 24.7. The Morgan fingerprint density at radius 3 is 2.32 bits per heavy atom. The van der Waals surface area contributed by atoms with Crippen LogP contribution in [-0.2, 0) is 4.79 Å². The minimum Gasteiger partial charge on any atom is -0.352 e. The molecule has 1 aliphatic rings. The number of carbonyl (C=O) groups excluding carboxylic acids is 1. The van der Waals surface area contributed by atoms with Crippen LogP contribution in [0.1, 0.15) is 65.7 Å². The van der Waals surface area contributed by atoms with Crippen molar-refractivity contribution in [3.05, 3.63) is 0 Å². The Labute approximate surface area is 124 Å². The minimum absolute atomic E-state index is 0. The van der Waals surface area contributed by atoms with Crippen LogP contribution in [0.4, 0.5) is 0 Å². The number of nitrogens with two attached hydrogens (primary N) is 1. The standard InChI is InChI=1S/C15H30N2O.ClH/c1-4-5-12-6-8-13(9-7-12)17-15(18)14(16)10-11(2)3;/h11-14H,4-10,16H2,1-3H3,(H,17,18);1H/t12?,13?,14-;/m0./s1. The Hall–Kier alpha value is -0.280. The second kappa shape index (κ2) is 9.60. The maximum atomic E-state index is 11.9. The van der Waals surface area contributed by atoms with E-state index in [1.54, 1.807) is 0 Å². The van der Waals surface area contributed by atoms with Crippen LogP contribution in [0.15, 0.2) is 0 Å². The van der Waals surface area contributed by atoms with E-state index >= 15 is 0 Å². The van der Waals surface area contributed by atoms with E-state index in [0.717, 1.165) is 25.2 Å². The number of hydrogen-bond donors (Lipinski definition) is 2. The third-order valence-corrected chi connectivity index (χ3v) is 3.95. The van der Waals surface area contributed by atoms with Crippen LogP contribution in [0.25, 0.3) is 0 Å². The summed E-state index contributed by atoms with van der Waals surface area (Å²) in [5.41, 5.74) is 5.90. The third kappa shape index (κ3) is 7.17. The highest BCUT2D eigenvalue weighted by molar-refractivity contribution is 5.85. The van der Waals surface area contributed by atoms with Crippen LogP contribution in [0, 0.1) is 11.8 Å². The summed E-state index contributed by atoms with van der Waals surface area (Å²) in [7, 11) is 0. The molecule has 1 atom stereocenters. The molecule has 1 fully saturated rings. The van der Waals surface area contributed by atoms with Crippen molar-refractivity contribution in [3.8, 4) is 0 Å². The molecule has 0 radical (unpaired) electrons. The molecule has 1 aliphatic carbocycles. The molecule has 1 rings (SSSR count). The van der Waals surface area contributed by atoms with Gasteiger partial charge in [0.15, 0.2) is 0 Å².